The summed E-state index contributed by atoms with van der Waals surface area (Å²) in [7, 11) is 0. The van der Waals surface area contributed by atoms with Crippen molar-refractivity contribution in [1.29, 1.82) is 0 Å². The van der Waals surface area contributed by atoms with E-state index in [9.17, 15) is 9.59 Å². The molecular weight excluding hydrogens is 268 g/mol. The largest absolute Gasteiger partial charge is 0.381 e. The minimum Gasteiger partial charge on any atom is -0.381 e. The van der Waals surface area contributed by atoms with Gasteiger partial charge < -0.3 is 15.4 Å². The smallest absolute Gasteiger partial charge is 0.223 e. The van der Waals surface area contributed by atoms with Crippen LogP contribution in [-0.4, -0.2) is 37.1 Å². The monoisotopic (exact) mass is 298 g/mol. The van der Waals surface area contributed by atoms with Crippen LogP contribution in [0.25, 0.3) is 0 Å². The third-order valence-corrected chi connectivity index (χ3v) is 4.56. The standard InChI is InChI=1S/C16H30N2O3/c1-5-12(3)14(19)17-11-16(7-9-21-10-8-16)18-15(20)13(4)6-2/h12-13H,5-11H2,1-4H3,(H,17,19)(H,18,20)/t12-,13-/m1/s1. The lowest BCUT2D eigenvalue weighted by molar-refractivity contribution is -0.130. The molecule has 0 aromatic carbocycles. The Morgan fingerprint density at radius 1 is 1.05 bits per heavy atom. The second-order valence-corrected chi connectivity index (χ2v) is 6.22. The molecule has 0 spiro atoms. The minimum absolute atomic E-state index is 0.00464. The highest BCUT2D eigenvalue weighted by molar-refractivity contribution is 5.80. The molecule has 2 N–H and O–H groups in total. The second kappa shape index (κ2) is 8.37. The Kier molecular flexibility index (Phi) is 7.15. The van der Waals surface area contributed by atoms with Gasteiger partial charge in [0.2, 0.25) is 11.8 Å². The summed E-state index contributed by atoms with van der Waals surface area (Å²) < 4.78 is 5.40. The molecule has 0 bridgehead atoms. The Hall–Kier alpha value is -1.10. The van der Waals surface area contributed by atoms with E-state index < -0.39 is 0 Å². The number of amides is 2. The molecule has 2 atom stereocenters. The van der Waals surface area contributed by atoms with Crippen molar-refractivity contribution in [1.82, 2.24) is 10.6 Å². The minimum atomic E-state index is -0.359. The van der Waals surface area contributed by atoms with Crippen LogP contribution in [0.2, 0.25) is 0 Å². The van der Waals surface area contributed by atoms with Crippen LogP contribution in [0.15, 0.2) is 0 Å². The number of hydrogen-bond donors (Lipinski definition) is 2. The predicted molar refractivity (Wildman–Crippen MR) is 82.8 cm³/mol. The van der Waals surface area contributed by atoms with Crippen LogP contribution in [0.4, 0.5) is 0 Å². The number of rotatable bonds is 7. The molecule has 0 aromatic heterocycles. The molecule has 1 rings (SSSR count). The topological polar surface area (TPSA) is 67.4 Å². The maximum absolute atomic E-state index is 12.2. The Labute approximate surface area is 128 Å². The van der Waals surface area contributed by atoms with Gasteiger partial charge in [-0.1, -0.05) is 27.7 Å². The molecular formula is C16H30N2O3. The highest BCUT2D eigenvalue weighted by Crippen LogP contribution is 2.21. The number of ether oxygens (including phenoxy) is 1. The van der Waals surface area contributed by atoms with Gasteiger partial charge in [-0.25, -0.2) is 0 Å². The Morgan fingerprint density at radius 3 is 2.10 bits per heavy atom. The van der Waals surface area contributed by atoms with Crippen molar-refractivity contribution in [3.05, 3.63) is 0 Å². The normalized spacial score (nSPS) is 20.4. The van der Waals surface area contributed by atoms with Crippen LogP contribution in [0.5, 0.6) is 0 Å². The molecule has 1 saturated heterocycles. The maximum Gasteiger partial charge on any atom is 0.223 e. The molecule has 0 aromatic rings. The predicted octanol–water partition coefficient (Wildman–Crippen LogP) is 1.86. The van der Waals surface area contributed by atoms with Crippen molar-refractivity contribution in [2.45, 2.75) is 58.9 Å². The summed E-state index contributed by atoms with van der Waals surface area (Å²) in [4.78, 5) is 24.2. The van der Waals surface area contributed by atoms with E-state index in [0.717, 1.165) is 25.7 Å². The van der Waals surface area contributed by atoms with Crippen molar-refractivity contribution < 1.29 is 14.3 Å². The molecule has 5 heteroatoms. The first kappa shape index (κ1) is 18.0. The van der Waals surface area contributed by atoms with Gasteiger partial charge in [-0.15, -0.1) is 0 Å². The Bertz CT molecular complexity index is 351. The van der Waals surface area contributed by atoms with Crippen molar-refractivity contribution in [2.24, 2.45) is 11.8 Å². The summed E-state index contributed by atoms with van der Waals surface area (Å²) in [5, 5.41) is 6.16. The number of nitrogens with one attached hydrogen (secondary N) is 2. The van der Waals surface area contributed by atoms with E-state index in [4.69, 9.17) is 4.74 Å². The zero-order valence-electron chi connectivity index (χ0n) is 13.8. The number of carbonyl (C=O) groups is 2. The van der Waals surface area contributed by atoms with E-state index in [1.165, 1.54) is 0 Å². The van der Waals surface area contributed by atoms with Gasteiger partial charge in [0.15, 0.2) is 0 Å². The molecule has 2 amide bonds. The van der Waals surface area contributed by atoms with Crippen molar-refractivity contribution in [3.63, 3.8) is 0 Å². The summed E-state index contributed by atoms with van der Waals surface area (Å²) >= 11 is 0. The van der Waals surface area contributed by atoms with Crippen LogP contribution in [0.1, 0.15) is 53.4 Å². The first-order chi connectivity index (χ1) is 9.94. The van der Waals surface area contributed by atoms with Gasteiger partial charge in [0.1, 0.15) is 0 Å². The quantitative estimate of drug-likeness (QED) is 0.754. The van der Waals surface area contributed by atoms with Gasteiger partial charge in [-0.3, -0.25) is 9.59 Å². The second-order valence-electron chi connectivity index (χ2n) is 6.22. The lowest BCUT2D eigenvalue weighted by Crippen LogP contribution is -2.59. The molecule has 0 saturated carbocycles. The van der Waals surface area contributed by atoms with Crippen molar-refractivity contribution >= 4 is 11.8 Å². The summed E-state index contributed by atoms with van der Waals surface area (Å²) in [6.07, 6.45) is 3.13. The third-order valence-electron chi connectivity index (χ3n) is 4.56. The fourth-order valence-corrected chi connectivity index (χ4v) is 2.29. The summed E-state index contributed by atoms with van der Waals surface area (Å²) in [5.41, 5.74) is -0.359. The molecule has 0 unspecified atom stereocenters. The molecule has 122 valence electrons. The first-order valence-electron chi connectivity index (χ1n) is 8.11. The van der Waals surface area contributed by atoms with Crippen molar-refractivity contribution in [2.75, 3.05) is 19.8 Å². The highest BCUT2D eigenvalue weighted by atomic mass is 16.5. The fraction of sp³-hybridized carbons (Fsp3) is 0.875. The molecule has 0 aliphatic carbocycles. The molecule has 1 fully saturated rings. The molecule has 1 aliphatic rings. The summed E-state index contributed by atoms with van der Waals surface area (Å²) in [6, 6.07) is 0. The average molecular weight is 298 g/mol. The van der Waals surface area contributed by atoms with E-state index >= 15 is 0 Å². The SMILES string of the molecule is CC[C@@H](C)C(=O)NCC1(NC(=O)[C@H](C)CC)CCOCC1. The third kappa shape index (κ3) is 5.30. The van der Waals surface area contributed by atoms with E-state index in [1.807, 2.05) is 27.7 Å². The number of carbonyl (C=O) groups excluding carboxylic acids is 2. The van der Waals surface area contributed by atoms with Gasteiger partial charge in [0, 0.05) is 31.6 Å². The van der Waals surface area contributed by atoms with E-state index in [-0.39, 0.29) is 29.2 Å². The first-order valence-corrected chi connectivity index (χ1v) is 8.11. The zero-order valence-corrected chi connectivity index (χ0v) is 13.8. The fourth-order valence-electron chi connectivity index (χ4n) is 2.29. The van der Waals surface area contributed by atoms with Crippen LogP contribution < -0.4 is 10.6 Å². The molecule has 1 heterocycles. The number of hydrogen-bond acceptors (Lipinski definition) is 3. The Balaban J connectivity index is 2.66. The summed E-state index contributed by atoms with van der Waals surface area (Å²) in [6.45, 7) is 9.59. The molecule has 0 radical (unpaired) electrons. The lowest BCUT2D eigenvalue weighted by atomic mass is 9.88. The van der Waals surface area contributed by atoms with E-state index in [1.54, 1.807) is 0 Å². The zero-order chi connectivity index (χ0) is 15.9. The van der Waals surface area contributed by atoms with Gasteiger partial charge in [-0.2, -0.15) is 0 Å². The van der Waals surface area contributed by atoms with Crippen LogP contribution in [-0.2, 0) is 14.3 Å². The van der Waals surface area contributed by atoms with E-state index in [2.05, 4.69) is 10.6 Å². The highest BCUT2D eigenvalue weighted by Gasteiger charge is 2.35. The van der Waals surface area contributed by atoms with E-state index in [0.29, 0.717) is 19.8 Å². The van der Waals surface area contributed by atoms with Gasteiger partial charge in [0.05, 0.1) is 5.54 Å². The molecule has 1 aliphatic heterocycles. The average Bonchev–Trinajstić information content (AvgIpc) is 2.51. The lowest BCUT2D eigenvalue weighted by Gasteiger charge is -2.39. The van der Waals surface area contributed by atoms with Gasteiger partial charge >= 0.3 is 0 Å². The Morgan fingerprint density at radius 2 is 1.57 bits per heavy atom. The van der Waals surface area contributed by atoms with Gasteiger partial charge in [-0.05, 0) is 25.7 Å². The van der Waals surface area contributed by atoms with Crippen LogP contribution in [0.3, 0.4) is 0 Å². The van der Waals surface area contributed by atoms with Gasteiger partial charge in [0.25, 0.3) is 0 Å². The maximum atomic E-state index is 12.2. The molecule has 5 nitrogen and oxygen atoms in total. The van der Waals surface area contributed by atoms with Crippen molar-refractivity contribution in [3.8, 4) is 0 Å². The van der Waals surface area contributed by atoms with Crippen LogP contribution in [0, 0.1) is 11.8 Å². The summed E-state index contributed by atoms with van der Waals surface area (Å²) in [5.74, 6) is 0.125. The van der Waals surface area contributed by atoms with Crippen LogP contribution >= 0.6 is 0 Å². The molecule has 21 heavy (non-hydrogen) atoms.